The van der Waals surface area contributed by atoms with E-state index in [2.05, 4.69) is 16.0 Å². The van der Waals surface area contributed by atoms with Crippen molar-refractivity contribution in [3.63, 3.8) is 0 Å². The van der Waals surface area contributed by atoms with E-state index in [1.807, 2.05) is 0 Å². The number of nitrogens with one attached hydrogen (secondary N) is 3. The molecular weight excluding hydrogens is 382 g/mol. The largest absolute Gasteiger partial charge is 0.467 e. The smallest absolute Gasteiger partial charge is 0.255 e. The molecule has 0 radical (unpaired) electrons. The number of benzene rings is 2. The van der Waals surface area contributed by atoms with Gasteiger partial charge >= 0.3 is 0 Å². The van der Waals surface area contributed by atoms with Crippen LogP contribution in [0, 0.1) is 5.92 Å². The minimum Gasteiger partial charge on any atom is -0.467 e. The Morgan fingerprint density at radius 3 is 2.33 bits per heavy atom. The summed E-state index contributed by atoms with van der Waals surface area (Å²) in [5.74, 6) is 0.102. The third-order valence-electron chi connectivity index (χ3n) is 4.79. The third kappa shape index (κ3) is 4.75. The highest BCUT2D eigenvalue weighted by molar-refractivity contribution is 6.09. The summed E-state index contributed by atoms with van der Waals surface area (Å²) < 4.78 is 5.21. The number of carbonyl (C=O) groups is 3. The summed E-state index contributed by atoms with van der Waals surface area (Å²) in [4.78, 5) is 37.0. The Labute approximate surface area is 173 Å². The van der Waals surface area contributed by atoms with Gasteiger partial charge in [0, 0.05) is 17.2 Å². The molecular formula is C23H21N3O4. The Bertz CT molecular complexity index is 1050. The molecule has 4 rings (SSSR count). The van der Waals surface area contributed by atoms with Crippen LogP contribution in [0.2, 0.25) is 0 Å². The summed E-state index contributed by atoms with van der Waals surface area (Å²) in [5, 5.41) is 8.39. The predicted molar refractivity (Wildman–Crippen MR) is 112 cm³/mol. The van der Waals surface area contributed by atoms with Gasteiger partial charge in [-0.15, -0.1) is 0 Å². The normalized spacial score (nSPS) is 12.8. The minimum atomic E-state index is -0.346. The van der Waals surface area contributed by atoms with Crippen molar-refractivity contribution in [1.29, 1.82) is 0 Å². The van der Waals surface area contributed by atoms with Crippen LogP contribution < -0.4 is 16.0 Å². The van der Waals surface area contributed by atoms with E-state index in [0.717, 1.165) is 12.8 Å². The molecule has 2 aromatic carbocycles. The molecule has 0 spiro atoms. The summed E-state index contributed by atoms with van der Waals surface area (Å²) in [5.41, 5.74) is 1.84. The van der Waals surface area contributed by atoms with Crippen LogP contribution in [0.1, 0.15) is 39.3 Å². The average Bonchev–Trinajstić information content (AvgIpc) is 3.49. The van der Waals surface area contributed by atoms with E-state index >= 15 is 0 Å². The van der Waals surface area contributed by atoms with Crippen molar-refractivity contribution in [3.8, 4) is 0 Å². The van der Waals surface area contributed by atoms with Crippen molar-refractivity contribution >= 4 is 29.1 Å². The third-order valence-corrected chi connectivity index (χ3v) is 4.79. The summed E-state index contributed by atoms with van der Waals surface area (Å²) in [6.45, 7) is 0.252. The Morgan fingerprint density at radius 1 is 0.867 bits per heavy atom. The van der Waals surface area contributed by atoms with E-state index in [4.69, 9.17) is 4.42 Å². The van der Waals surface area contributed by atoms with E-state index in [-0.39, 0.29) is 30.2 Å². The van der Waals surface area contributed by atoms with Crippen molar-refractivity contribution in [1.82, 2.24) is 5.32 Å². The predicted octanol–water partition coefficient (Wildman–Crippen LogP) is 3.81. The van der Waals surface area contributed by atoms with E-state index in [1.165, 1.54) is 6.26 Å². The van der Waals surface area contributed by atoms with Crippen LogP contribution in [0.3, 0.4) is 0 Å². The molecule has 3 N–H and O–H groups in total. The van der Waals surface area contributed by atoms with Crippen LogP contribution in [0.15, 0.2) is 71.3 Å². The van der Waals surface area contributed by atoms with Crippen LogP contribution in [-0.4, -0.2) is 17.7 Å². The number of furan rings is 1. The fourth-order valence-corrected chi connectivity index (χ4v) is 2.96. The maximum absolute atomic E-state index is 12.6. The zero-order valence-corrected chi connectivity index (χ0v) is 16.2. The van der Waals surface area contributed by atoms with Gasteiger partial charge in [0.2, 0.25) is 5.91 Å². The van der Waals surface area contributed by atoms with E-state index in [0.29, 0.717) is 28.3 Å². The van der Waals surface area contributed by atoms with Gasteiger partial charge in [-0.05, 0) is 61.4 Å². The van der Waals surface area contributed by atoms with Gasteiger partial charge in [0.25, 0.3) is 11.8 Å². The Hall–Kier alpha value is -3.87. The summed E-state index contributed by atoms with van der Waals surface area (Å²) in [7, 11) is 0. The number of hydrogen-bond donors (Lipinski definition) is 3. The minimum absolute atomic E-state index is 0.0155. The van der Waals surface area contributed by atoms with Gasteiger partial charge in [0.05, 0.1) is 24.1 Å². The standard InChI is InChI=1S/C23H21N3O4/c27-21(15-7-8-15)25-17-11-9-16(10-12-17)22(28)26-20-6-2-1-5-19(20)23(29)24-14-18-4-3-13-30-18/h1-6,9-13,15H,7-8,14H2,(H,24,29)(H,25,27)(H,26,28). The number of hydrogen-bond acceptors (Lipinski definition) is 4. The molecule has 7 nitrogen and oxygen atoms in total. The van der Waals surface area contributed by atoms with Crippen LogP contribution in [0.5, 0.6) is 0 Å². The van der Waals surface area contributed by atoms with Gasteiger partial charge in [-0.1, -0.05) is 12.1 Å². The lowest BCUT2D eigenvalue weighted by Gasteiger charge is -2.11. The van der Waals surface area contributed by atoms with Crippen molar-refractivity contribution < 1.29 is 18.8 Å². The topological polar surface area (TPSA) is 100 Å². The first-order valence-electron chi connectivity index (χ1n) is 9.72. The molecule has 3 aromatic rings. The van der Waals surface area contributed by atoms with Crippen LogP contribution in [-0.2, 0) is 11.3 Å². The first-order valence-corrected chi connectivity index (χ1v) is 9.72. The molecule has 1 fully saturated rings. The molecule has 1 aliphatic rings. The van der Waals surface area contributed by atoms with Gasteiger partial charge in [-0.2, -0.15) is 0 Å². The lowest BCUT2D eigenvalue weighted by atomic mass is 10.1. The van der Waals surface area contributed by atoms with E-state index in [1.54, 1.807) is 60.7 Å². The number of para-hydroxylation sites is 1. The van der Waals surface area contributed by atoms with Crippen molar-refractivity contribution in [2.24, 2.45) is 5.92 Å². The monoisotopic (exact) mass is 403 g/mol. The molecule has 0 atom stereocenters. The number of anilines is 2. The highest BCUT2D eigenvalue weighted by Gasteiger charge is 2.29. The van der Waals surface area contributed by atoms with Crippen molar-refractivity contribution in [2.45, 2.75) is 19.4 Å². The molecule has 30 heavy (non-hydrogen) atoms. The van der Waals surface area contributed by atoms with E-state index < -0.39 is 0 Å². The van der Waals surface area contributed by atoms with Crippen LogP contribution in [0.25, 0.3) is 0 Å². The average molecular weight is 403 g/mol. The molecule has 1 saturated carbocycles. The van der Waals surface area contributed by atoms with Gasteiger partial charge < -0.3 is 20.4 Å². The second kappa shape index (κ2) is 8.65. The number of amides is 3. The Kier molecular flexibility index (Phi) is 5.61. The maximum atomic E-state index is 12.6. The van der Waals surface area contributed by atoms with E-state index in [9.17, 15) is 14.4 Å². The molecule has 7 heteroatoms. The van der Waals surface area contributed by atoms with Crippen LogP contribution >= 0.6 is 0 Å². The van der Waals surface area contributed by atoms with Crippen molar-refractivity contribution in [2.75, 3.05) is 10.6 Å². The highest BCUT2D eigenvalue weighted by Crippen LogP contribution is 2.30. The van der Waals surface area contributed by atoms with Gasteiger partial charge in [-0.25, -0.2) is 0 Å². The Balaban J connectivity index is 1.40. The molecule has 3 amide bonds. The summed E-state index contributed by atoms with van der Waals surface area (Å²) in [6.07, 6.45) is 3.40. The van der Waals surface area contributed by atoms with Crippen molar-refractivity contribution in [3.05, 3.63) is 83.8 Å². The lowest BCUT2D eigenvalue weighted by molar-refractivity contribution is -0.117. The zero-order valence-electron chi connectivity index (χ0n) is 16.2. The summed E-state index contributed by atoms with van der Waals surface area (Å²) in [6, 6.07) is 17.0. The second-order valence-electron chi connectivity index (χ2n) is 7.10. The number of rotatable bonds is 7. The molecule has 1 aliphatic carbocycles. The van der Waals surface area contributed by atoms with Crippen LogP contribution in [0.4, 0.5) is 11.4 Å². The molecule has 0 unspecified atom stereocenters. The molecule has 1 aromatic heterocycles. The molecule has 0 bridgehead atoms. The quantitative estimate of drug-likeness (QED) is 0.558. The highest BCUT2D eigenvalue weighted by atomic mass is 16.3. The first kappa shape index (κ1) is 19.4. The molecule has 1 heterocycles. The first-order chi connectivity index (χ1) is 14.6. The number of carbonyl (C=O) groups excluding carboxylic acids is 3. The fourth-order valence-electron chi connectivity index (χ4n) is 2.96. The second-order valence-corrected chi connectivity index (χ2v) is 7.10. The lowest BCUT2D eigenvalue weighted by Crippen LogP contribution is -2.24. The fraction of sp³-hybridized carbons (Fsp3) is 0.174. The molecule has 152 valence electrons. The summed E-state index contributed by atoms with van der Waals surface area (Å²) >= 11 is 0. The van der Waals surface area contributed by atoms with Gasteiger partial charge in [0.15, 0.2) is 0 Å². The molecule has 0 saturated heterocycles. The Morgan fingerprint density at radius 2 is 1.63 bits per heavy atom. The maximum Gasteiger partial charge on any atom is 0.255 e. The zero-order chi connectivity index (χ0) is 20.9. The van der Waals surface area contributed by atoms with Gasteiger partial charge in [0.1, 0.15) is 5.76 Å². The molecule has 0 aliphatic heterocycles. The SMILES string of the molecule is O=C(Nc1ccccc1C(=O)NCc1ccco1)c1ccc(NC(=O)C2CC2)cc1. The van der Waals surface area contributed by atoms with Gasteiger partial charge in [-0.3, -0.25) is 14.4 Å².